The monoisotopic (exact) mass is 202 g/mol. The quantitative estimate of drug-likeness (QED) is 0.783. The summed E-state index contributed by atoms with van der Waals surface area (Å²) in [7, 11) is 0. The molecule has 1 N–H and O–H groups in total. The molecule has 0 saturated heterocycles. The Morgan fingerprint density at radius 3 is 2.42 bits per heavy atom. The molecule has 1 nitrogen and oxygen atoms in total. The lowest BCUT2D eigenvalue weighted by molar-refractivity contribution is 0.339. The van der Waals surface area contributed by atoms with E-state index in [4.69, 9.17) is 28.3 Å². The Labute approximate surface area is 81.2 Å². The zero-order valence-electron chi connectivity index (χ0n) is 6.30. The Bertz CT molecular complexity index is 277. The molecular weight excluding hydrogens is 195 g/mol. The molecule has 0 aliphatic rings. The van der Waals surface area contributed by atoms with Crippen LogP contribution in [0.4, 0.5) is 0 Å². The van der Waals surface area contributed by atoms with Crippen molar-refractivity contribution < 1.29 is 5.11 Å². The van der Waals surface area contributed by atoms with Crippen molar-refractivity contribution in [3.63, 3.8) is 0 Å². The fraction of sp³-hybridized carbons (Fsp3) is 0.111. The topological polar surface area (TPSA) is 20.2 Å². The molecule has 0 aliphatic carbocycles. The standard InChI is InChI=1S/C9H8Cl2O/c10-8-3-1-7(2-4-8)5-9(11)6-12/h1-5,12H,6H2. The van der Waals surface area contributed by atoms with E-state index in [-0.39, 0.29) is 6.61 Å². The predicted octanol–water partition coefficient (Wildman–Crippen LogP) is 2.91. The molecule has 1 rings (SSSR count). The molecule has 1 aromatic rings. The van der Waals surface area contributed by atoms with E-state index in [1.54, 1.807) is 18.2 Å². The van der Waals surface area contributed by atoms with Crippen LogP contribution in [0.5, 0.6) is 0 Å². The van der Waals surface area contributed by atoms with Crippen LogP contribution in [-0.4, -0.2) is 11.7 Å². The first kappa shape index (κ1) is 9.59. The number of aliphatic hydroxyl groups excluding tert-OH is 1. The third kappa shape index (κ3) is 2.86. The molecule has 0 atom stereocenters. The van der Waals surface area contributed by atoms with Crippen LogP contribution in [0, 0.1) is 0 Å². The Balaban J connectivity index is 2.84. The summed E-state index contributed by atoms with van der Waals surface area (Å²) in [6.45, 7) is -0.135. The van der Waals surface area contributed by atoms with Gasteiger partial charge in [0.2, 0.25) is 0 Å². The minimum absolute atomic E-state index is 0.135. The summed E-state index contributed by atoms with van der Waals surface area (Å²) in [5.74, 6) is 0. The lowest BCUT2D eigenvalue weighted by Crippen LogP contribution is -1.80. The largest absolute Gasteiger partial charge is 0.391 e. The molecule has 0 heterocycles. The van der Waals surface area contributed by atoms with Gasteiger partial charge in [0.05, 0.1) is 6.61 Å². The first-order valence-corrected chi connectivity index (χ1v) is 4.20. The maximum Gasteiger partial charge on any atom is 0.0788 e. The number of halogens is 2. The zero-order chi connectivity index (χ0) is 8.97. The van der Waals surface area contributed by atoms with Gasteiger partial charge in [0.1, 0.15) is 0 Å². The highest BCUT2D eigenvalue weighted by molar-refractivity contribution is 6.32. The highest BCUT2D eigenvalue weighted by Gasteiger charge is 1.91. The molecule has 0 saturated carbocycles. The molecule has 0 unspecified atom stereocenters. The summed E-state index contributed by atoms with van der Waals surface area (Å²) in [5.41, 5.74) is 0.929. The van der Waals surface area contributed by atoms with Gasteiger partial charge in [-0.3, -0.25) is 0 Å². The van der Waals surface area contributed by atoms with Crippen molar-refractivity contribution in [2.24, 2.45) is 0 Å². The number of aliphatic hydroxyl groups is 1. The molecule has 0 radical (unpaired) electrons. The van der Waals surface area contributed by atoms with Crippen LogP contribution in [-0.2, 0) is 0 Å². The molecule has 12 heavy (non-hydrogen) atoms. The molecule has 1 aromatic carbocycles. The Kier molecular flexibility index (Phi) is 3.60. The third-order valence-corrected chi connectivity index (χ3v) is 1.82. The molecule has 0 spiro atoms. The average Bonchev–Trinajstić information content (AvgIpc) is 2.09. The van der Waals surface area contributed by atoms with Gasteiger partial charge in [-0.25, -0.2) is 0 Å². The smallest absolute Gasteiger partial charge is 0.0788 e. The molecule has 0 bridgehead atoms. The Morgan fingerprint density at radius 2 is 1.92 bits per heavy atom. The van der Waals surface area contributed by atoms with Crippen LogP contribution in [0.15, 0.2) is 29.3 Å². The van der Waals surface area contributed by atoms with Crippen molar-refractivity contribution in [2.45, 2.75) is 0 Å². The summed E-state index contributed by atoms with van der Waals surface area (Å²) in [6, 6.07) is 7.21. The molecule has 3 heteroatoms. The molecule has 64 valence electrons. The van der Waals surface area contributed by atoms with E-state index in [0.29, 0.717) is 10.1 Å². The molecule has 0 aliphatic heterocycles. The van der Waals surface area contributed by atoms with Gasteiger partial charge in [-0.1, -0.05) is 35.3 Å². The van der Waals surface area contributed by atoms with Crippen molar-refractivity contribution in [1.29, 1.82) is 0 Å². The van der Waals surface area contributed by atoms with Gasteiger partial charge in [-0.2, -0.15) is 0 Å². The number of benzene rings is 1. The van der Waals surface area contributed by atoms with Gasteiger partial charge in [0.25, 0.3) is 0 Å². The first-order chi connectivity index (χ1) is 5.72. The Morgan fingerprint density at radius 1 is 1.33 bits per heavy atom. The third-order valence-electron chi connectivity index (χ3n) is 1.34. The van der Waals surface area contributed by atoms with Gasteiger partial charge < -0.3 is 5.11 Å². The maximum atomic E-state index is 8.62. The van der Waals surface area contributed by atoms with E-state index < -0.39 is 0 Å². The Hall–Kier alpha value is -0.500. The van der Waals surface area contributed by atoms with E-state index in [9.17, 15) is 0 Å². The van der Waals surface area contributed by atoms with Crippen LogP contribution in [0.2, 0.25) is 5.02 Å². The summed E-state index contributed by atoms with van der Waals surface area (Å²) in [6.07, 6.45) is 1.69. The van der Waals surface area contributed by atoms with Gasteiger partial charge >= 0.3 is 0 Å². The van der Waals surface area contributed by atoms with Gasteiger partial charge in [0.15, 0.2) is 0 Å². The van der Waals surface area contributed by atoms with E-state index >= 15 is 0 Å². The summed E-state index contributed by atoms with van der Waals surface area (Å²) >= 11 is 11.3. The number of hydrogen-bond donors (Lipinski definition) is 1. The lowest BCUT2D eigenvalue weighted by atomic mass is 10.2. The predicted molar refractivity (Wildman–Crippen MR) is 52.4 cm³/mol. The van der Waals surface area contributed by atoms with E-state index in [2.05, 4.69) is 0 Å². The highest BCUT2D eigenvalue weighted by Crippen LogP contribution is 2.13. The fourth-order valence-electron chi connectivity index (χ4n) is 0.785. The van der Waals surface area contributed by atoms with Crippen LogP contribution in [0.25, 0.3) is 6.08 Å². The fourth-order valence-corrected chi connectivity index (χ4v) is 1.04. The number of hydrogen-bond acceptors (Lipinski definition) is 1. The molecule has 0 amide bonds. The minimum Gasteiger partial charge on any atom is -0.391 e. The summed E-state index contributed by atoms with van der Waals surface area (Å²) in [4.78, 5) is 0. The minimum atomic E-state index is -0.135. The van der Waals surface area contributed by atoms with Gasteiger partial charge in [-0.05, 0) is 23.8 Å². The van der Waals surface area contributed by atoms with Gasteiger partial charge in [0, 0.05) is 10.1 Å². The second-order valence-corrected chi connectivity index (χ2v) is 3.22. The van der Waals surface area contributed by atoms with Crippen molar-refractivity contribution in [2.75, 3.05) is 6.61 Å². The van der Waals surface area contributed by atoms with Crippen molar-refractivity contribution >= 4 is 29.3 Å². The second-order valence-electron chi connectivity index (χ2n) is 2.30. The molecule has 0 aromatic heterocycles. The van der Waals surface area contributed by atoms with E-state index in [0.717, 1.165) is 5.56 Å². The van der Waals surface area contributed by atoms with Crippen molar-refractivity contribution in [1.82, 2.24) is 0 Å². The zero-order valence-corrected chi connectivity index (χ0v) is 7.81. The van der Waals surface area contributed by atoms with Gasteiger partial charge in [-0.15, -0.1) is 0 Å². The van der Waals surface area contributed by atoms with Crippen LogP contribution in [0.3, 0.4) is 0 Å². The van der Waals surface area contributed by atoms with Crippen LogP contribution < -0.4 is 0 Å². The maximum absolute atomic E-state index is 8.62. The summed E-state index contributed by atoms with van der Waals surface area (Å²) in [5, 5.41) is 9.73. The number of rotatable bonds is 2. The highest BCUT2D eigenvalue weighted by atomic mass is 35.5. The summed E-state index contributed by atoms with van der Waals surface area (Å²) < 4.78 is 0. The van der Waals surface area contributed by atoms with Crippen molar-refractivity contribution in [3.8, 4) is 0 Å². The average molecular weight is 203 g/mol. The SMILES string of the molecule is OCC(Cl)=Cc1ccc(Cl)cc1. The van der Waals surface area contributed by atoms with E-state index in [1.807, 2.05) is 12.1 Å². The first-order valence-electron chi connectivity index (χ1n) is 3.45. The van der Waals surface area contributed by atoms with Crippen LogP contribution >= 0.6 is 23.2 Å². The lowest BCUT2D eigenvalue weighted by Gasteiger charge is -1.94. The van der Waals surface area contributed by atoms with Crippen molar-refractivity contribution in [3.05, 3.63) is 39.9 Å². The van der Waals surface area contributed by atoms with Crippen LogP contribution in [0.1, 0.15) is 5.56 Å². The molecule has 0 fully saturated rings. The molecular formula is C9H8Cl2O. The van der Waals surface area contributed by atoms with E-state index in [1.165, 1.54) is 0 Å². The second kappa shape index (κ2) is 4.51. The normalized spacial score (nSPS) is 11.8.